The molecule has 8 nitrogen and oxygen atoms in total. The van der Waals surface area contributed by atoms with Gasteiger partial charge in [-0.25, -0.2) is 4.98 Å². The molecule has 2 atom stereocenters. The van der Waals surface area contributed by atoms with E-state index in [2.05, 4.69) is 10.1 Å². The third-order valence-electron chi connectivity index (χ3n) is 4.66. The number of carbonyl (C=O) groups is 1. The zero-order valence-corrected chi connectivity index (χ0v) is 13.9. The molecule has 0 aromatic carbocycles. The van der Waals surface area contributed by atoms with Crippen LogP contribution in [-0.2, 0) is 11.3 Å². The maximum atomic E-state index is 13.1. The molecule has 0 spiro atoms. The zero-order valence-electron chi connectivity index (χ0n) is 13.9. The number of fused-ring (bicyclic) bond motifs is 1. The number of hydrogen-bond donors (Lipinski definition) is 1. The molecule has 0 saturated carbocycles. The van der Waals surface area contributed by atoms with Crippen molar-refractivity contribution in [3.63, 3.8) is 0 Å². The predicted octanol–water partition coefficient (Wildman–Crippen LogP) is 1.04. The Morgan fingerprint density at radius 3 is 3.00 bits per heavy atom. The van der Waals surface area contributed by atoms with Crippen LogP contribution in [0.4, 0.5) is 5.82 Å². The Morgan fingerprint density at radius 2 is 2.24 bits per heavy atom. The zero-order chi connectivity index (χ0) is 17.4. The van der Waals surface area contributed by atoms with E-state index in [0.29, 0.717) is 24.7 Å². The van der Waals surface area contributed by atoms with Crippen LogP contribution >= 0.6 is 0 Å². The first-order chi connectivity index (χ1) is 12.2. The molecule has 130 valence electrons. The van der Waals surface area contributed by atoms with E-state index < -0.39 is 0 Å². The summed E-state index contributed by atoms with van der Waals surface area (Å²) in [7, 11) is 1.67. The molecule has 0 bridgehead atoms. The van der Waals surface area contributed by atoms with E-state index in [0.717, 1.165) is 11.9 Å². The molecule has 8 heteroatoms. The van der Waals surface area contributed by atoms with Crippen LogP contribution in [0.3, 0.4) is 0 Å². The number of pyridine rings is 1. The summed E-state index contributed by atoms with van der Waals surface area (Å²) < 4.78 is 9.07. The minimum Gasteiger partial charge on any atom is -0.382 e. The van der Waals surface area contributed by atoms with Crippen molar-refractivity contribution in [1.29, 1.82) is 0 Å². The highest BCUT2D eigenvalue weighted by Gasteiger charge is 2.37. The number of ether oxygens (including phenoxy) is 1. The third-order valence-corrected chi connectivity index (χ3v) is 4.66. The molecule has 1 aliphatic heterocycles. The summed E-state index contributed by atoms with van der Waals surface area (Å²) in [5.41, 5.74) is 6.58. The minimum absolute atomic E-state index is 0.00749. The number of rotatable bonds is 4. The first-order valence-electron chi connectivity index (χ1n) is 8.20. The van der Waals surface area contributed by atoms with Crippen LogP contribution < -0.4 is 5.73 Å². The van der Waals surface area contributed by atoms with Crippen LogP contribution in [0.5, 0.6) is 0 Å². The Kier molecular flexibility index (Phi) is 3.89. The predicted molar refractivity (Wildman–Crippen MR) is 92.1 cm³/mol. The van der Waals surface area contributed by atoms with E-state index in [-0.39, 0.29) is 18.1 Å². The summed E-state index contributed by atoms with van der Waals surface area (Å²) in [6.45, 7) is 1.12. The number of anilines is 1. The Morgan fingerprint density at radius 1 is 1.36 bits per heavy atom. The first kappa shape index (κ1) is 15.6. The lowest BCUT2D eigenvalue weighted by atomic mass is 10.2. The van der Waals surface area contributed by atoms with Crippen molar-refractivity contribution in [2.24, 2.45) is 0 Å². The van der Waals surface area contributed by atoms with Gasteiger partial charge in [0.05, 0.1) is 30.4 Å². The van der Waals surface area contributed by atoms with Crippen LogP contribution in [0.15, 0.2) is 42.9 Å². The Labute approximate surface area is 144 Å². The molecule has 1 amide bonds. The SMILES string of the molecule is CO[C@@H]1C[C@@H](Cn2ccc(N)n2)N(C(=O)c2ncc3ccccn23)C1. The highest BCUT2D eigenvalue weighted by molar-refractivity contribution is 5.92. The second-order valence-electron chi connectivity index (χ2n) is 6.24. The molecule has 3 aromatic rings. The standard InChI is InChI=1S/C17H20N6O2/c1-25-14-8-13(10-21-7-5-15(18)20-21)23(11-14)17(24)16-19-9-12-4-2-3-6-22(12)16/h2-7,9,13-14H,8,10-11H2,1H3,(H2,18,20)/t13-,14+/m0/s1. The summed E-state index contributed by atoms with van der Waals surface area (Å²) in [5.74, 6) is 0.784. The van der Waals surface area contributed by atoms with E-state index in [1.54, 1.807) is 24.1 Å². The van der Waals surface area contributed by atoms with Gasteiger partial charge in [-0.2, -0.15) is 5.10 Å². The minimum atomic E-state index is -0.101. The maximum absolute atomic E-state index is 13.1. The summed E-state index contributed by atoms with van der Waals surface area (Å²) in [5, 5.41) is 4.23. The normalized spacial score (nSPS) is 20.4. The fourth-order valence-electron chi connectivity index (χ4n) is 3.39. The van der Waals surface area contributed by atoms with E-state index in [1.165, 1.54) is 0 Å². The van der Waals surface area contributed by atoms with Gasteiger partial charge in [-0.1, -0.05) is 6.07 Å². The van der Waals surface area contributed by atoms with Gasteiger partial charge in [0.1, 0.15) is 5.82 Å². The molecule has 0 radical (unpaired) electrons. The fourth-order valence-corrected chi connectivity index (χ4v) is 3.39. The second kappa shape index (κ2) is 6.21. The van der Waals surface area contributed by atoms with E-state index >= 15 is 0 Å². The van der Waals surface area contributed by atoms with Gasteiger partial charge in [0.2, 0.25) is 5.82 Å². The van der Waals surface area contributed by atoms with Crippen LogP contribution in [0.1, 0.15) is 17.0 Å². The van der Waals surface area contributed by atoms with E-state index in [9.17, 15) is 4.79 Å². The van der Waals surface area contributed by atoms with Crippen molar-refractivity contribution >= 4 is 17.2 Å². The third kappa shape index (κ3) is 2.85. The summed E-state index contributed by atoms with van der Waals surface area (Å²) in [4.78, 5) is 19.3. The number of aromatic nitrogens is 4. The molecular formula is C17H20N6O2. The van der Waals surface area contributed by atoms with Crippen LogP contribution in [0.2, 0.25) is 0 Å². The number of hydrogen-bond acceptors (Lipinski definition) is 5. The van der Waals surface area contributed by atoms with Crippen molar-refractivity contribution in [2.75, 3.05) is 19.4 Å². The number of likely N-dealkylation sites (tertiary alicyclic amines) is 1. The van der Waals surface area contributed by atoms with Crippen LogP contribution in [0, 0.1) is 0 Å². The van der Waals surface area contributed by atoms with E-state index in [4.69, 9.17) is 10.5 Å². The van der Waals surface area contributed by atoms with Gasteiger partial charge >= 0.3 is 0 Å². The Bertz CT molecular complexity index is 901. The van der Waals surface area contributed by atoms with Gasteiger partial charge in [-0.05, 0) is 24.6 Å². The lowest BCUT2D eigenvalue weighted by molar-refractivity contribution is 0.0666. The van der Waals surface area contributed by atoms with Gasteiger partial charge in [-0.3, -0.25) is 13.9 Å². The van der Waals surface area contributed by atoms with Crippen molar-refractivity contribution in [1.82, 2.24) is 24.1 Å². The molecule has 0 unspecified atom stereocenters. The lowest BCUT2D eigenvalue weighted by Gasteiger charge is -2.23. The van der Waals surface area contributed by atoms with Gasteiger partial charge in [0.15, 0.2) is 0 Å². The van der Waals surface area contributed by atoms with Crippen LogP contribution in [0.25, 0.3) is 5.52 Å². The number of methoxy groups -OCH3 is 1. The number of imidazole rings is 1. The molecule has 4 rings (SSSR count). The molecule has 3 aromatic heterocycles. The van der Waals surface area contributed by atoms with Crippen molar-refractivity contribution in [3.8, 4) is 0 Å². The fraction of sp³-hybridized carbons (Fsp3) is 0.353. The Balaban J connectivity index is 1.62. The second-order valence-corrected chi connectivity index (χ2v) is 6.24. The van der Waals surface area contributed by atoms with Gasteiger partial charge in [0, 0.05) is 26.0 Å². The molecule has 4 heterocycles. The molecular weight excluding hydrogens is 320 g/mol. The van der Waals surface area contributed by atoms with Gasteiger partial charge in [-0.15, -0.1) is 0 Å². The largest absolute Gasteiger partial charge is 0.382 e. The molecule has 1 fully saturated rings. The lowest BCUT2D eigenvalue weighted by Crippen LogP contribution is -2.39. The summed E-state index contributed by atoms with van der Waals surface area (Å²) in [6, 6.07) is 7.46. The van der Waals surface area contributed by atoms with E-state index in [1.807, 2.05) is 39.9 Å². The molecule has 2 N–H and O–H groups in total. The first-order valence-corrected chi connectivity index (χ1v) is 8.20. The summed E-state index contributed by atoms with van der Waals surface area (Å²) in [6.07, 6.45) is 6.14. The number of nitrogens with two attached hydrogens (primary N) is 1. The molecule has 25 heavy (non-hydrogen) atoms. The highest BCUT2D eigenvalue weighted by atomic mass is 16.5. The quantitative estimate of drug-likeness (QED) is 0.766. The molecule has 1 aliphatic rings. The van der Waals surface area contributed by atoms with Crippen molar-refractivity contribution in [2.45, 2.75) is 25.1 Å². The smallest absolute Gasteiger partial charge is 0.290 e. The Hall–Kier alpha value is -2.87. The van der Waals surface area contributed by atoms with Gasteiger partial charge in [0.25, 0.3) is 5.91 Å². The topological polar surface area (TPSA) is 90.7 Å². The average Bonchev–Trinajstić information content (AvgIpc) is 3.33. The van der Waals surface area contributed by atoms with Crippen molar-refractivity contribution < 1.29 is 9.53 Å². The summed E-state index contributed by atoms with van der Waals surface area (Å²) >= 11 is 0. The number of nitrogens with zero attached hydrogens (tertiary/aromatic N) is 5. The maximum Gasteiger partial charge on any atom is 0.290 e. The molecule has 1 saturated heterocycles. The molecule has 0 aliphatic carbocycles. The average molecular weight is 340 g/mol. The number of nitrogen functional groups attached to an aromatic ring is 1. The number of carbonyl (C=O) groups excluding carboxylic acids is 1. The monoisotopic (exact) mass is 340 g/mol. The van der Waals surface area contributed by atoms with Crippen molar-refractivity contribution in [3.05, 3.63) is 48.7 Å². The number of amides is 1. The van der Waals surface area contributed by atoms with Gasteiger partial charge < -0.3 is 15.4 Å². The van der Waals surface area contributed by atoms with Crippen LogP contribution in [-0.4, -0.2) is 55.8 Å². The highest BCUT2D eigenvalue weighted by Crippen LogP contribution is 2.24.